The molecular weight excluding hydrogens is 231 g/mol. The Hall–Kier alpha value is -2.35. The maximum Gasteiger partial charge on any atom is 0.124 e. The fourth-order valence-electron chi connectivity index (χ4n) is 1.85. The first-order valence-corrected chi connectivity index (χ1v) is 5.56. The Morgan fingerprint density at radius 3 is 2.83 bits per heavy atom. The summed E-state index contributed by atoms with van der Waals surface area (Å²) in [6.45, 7) is 1.96. The number of nitriles is 1. The summed E-state index contributed by atoms with van der Waals surface area (Å²) in [6.07, 6.45) is 1.71. The van der Waals surface area contributed by atoms with Crippen LogP contribution in [0.4, 0.5) is 10.1 Å². The van der Waals surface area contributed by atoms with Crippen molar-refractivity contribution < 1.29 is 4.39 Å². The van der Waals surface area contributed by atoms with Crippen molar-refractivity contribution in [2.45, 2.75) is 13.0 Å². The minimum absolute atomic E-state index is 0.0185. The lowest BCUT2D eigenvalue weighted by atomic mass is 10.1. The second-order valence-electron chi connectivity index (χ2n) is 4.05. The van der Waals surface area contributed by atoms with Crippen LogP contribution in [0.15, 0.2) is 30.5 Å². The number of aromatic nitrogens is 2. The van der Waals surface area contributed by atoms with E-state index in [1.807, 2.05) is 26.1 Å². The van der Waals surface area contributed by atoms with Crippen molar-refractivity contribution in [2.24, 2.45) is 7.05 Å². The van der Waals surface area contributed by atoms with Gasteiger partial charge in [0.05, 0.1) is 23.0 Å². The summed E-state index contributed by atoms with van der Waals surface area (Å²) in [5.41, 5.74) is 1.90. The number of anilines is 1. The predicted molar refractivity (Wildman–Crippen MR) is 66.4 cm³/mol. The first kappa shape index (κ1) is 12.1. The average molecular weight is 244 g/mol. The Kier molecular flexibility index (Phi) is 3.28. The van der Waals surface area contributed by atoms with E-state index < -0.39 is 5.82 Å². The third-order valence-electron chi connectivity index (χ3n) is 2.78. The van der Waals surface area contributed by atoms with E-state index in [4.69, 9.17) is 5.26 Å². The summed E-state index contributed by atoms with van der Waals surface area (Å²) in [5.74, 6) is -0.412. The smallest absolute Gasteiger partial charge is 0.124 e. The van der Waals surface area contributed by atoms with Crippen LogP contribution in [-0.2, 0) is 7.05 Å². The van der Waals surface area contributed by atoms with Gasteiger partial charge in [0.1, 0.15) is 11.9 Å². The maximum atomic E-state index is 13.0. The Labute approximate surface area is 105 Å². The van der Waals surface area contributed by atoms with Gasteiger partial charge in [-0.05, 0) is 31.2 Å². The molecule has 1 aromatic heterocycles. The lowest BCUT2D eigenvalue weighted by Gasteiger charge is -2.16. The van der Waals surface area contributed by atoms with Crippen LogP contribution in [0.5, 0.6) is 0 Å². The van der Waals surface area contributed by atoms with Crippen molar-refractivity contribution in [3.63, 3.8) is 0 Å². The zero-order chi connectivity index (χ0) is 13.1. The standard InChI is InChI=1S/C13H13FN4/c1-9(13-5-6-16-18(13)2)17-12-4-3-11(14)7-10(12)8-15/h3-7,9,17H,1-2H3. The zero-order valence-electron chi connectivity index (χ0n) is 10.2. The van der Waals surface area contributed by atoms with Crippen LogP contribution in [0.2, 0.25) is 0 Å². The summed E-state index contributed by atoms with van der Waals surface area (Å²) in [5, 5.41) is 16.2. The molecule has 4 nitrogen and oxygen atoms in total. The van der Waals surface area contributed by atoms with E-state index in [1.165, 1.54) is 12.1 Å². The molecule has 0 radical (unpaired) electrons. The minimum atomic E-state index is -0.412. The highest BCUT2D eigenvalue weighted by atomic mass is 19.1. The maximum absolute atomic E-state index is 13.0. The molecule has 0 aliphatic heterocycles. The van der Waals surface area contributed by atoms with Crippen LogP contribution >= 0.6 is 0 Å². The topological polar surface area (TPSA) is 53.6 Å². The molecule has 0 aliphatic rings. The Morgan fingerprint density at radius 1 is 1.44 bits per heavy atom. The average Bonchev–Trinajstić information content (AvgIpc) is 2.77. The van der Waals surface area contributed by atoms with Crippen LogP contribution in [0, 0.1) is 17.1 Å². The molecule has 0 saturated carbocycles. The number of halogens is 1. The van der Waals surface area contributed by atoms with Crippen LogP contribution in [0.25, 0.3) is 0 Å². The van der Waals surface area contributed by atoms with Crippen molar-refractivity contribution in [1.82, 2.24) is 9.78 Å². The van der Waals surface area contributed by atoms with Gasteiger partial charge in [0.15, 0.2) is 0 Å². The molecule has 1 aromatic carbocycles. The Morgan fingerprint density at radius 2 is 2.22 bits per heavy atom. The molecule has 0 aliphatic carbocycles. The first-order valence-electron chi connectivity index (χ1n) is 5.56. The van der Waals surface area contributed by atoms with Crippen molar-refractivity contribution in [3.05, 3.63) is 47.5 Å². The highest BCUT2D eigenvalue weighted by Gasteiger charge is 2.11. The molecule has 1 N–H and O–H groups in total. The summed E-state index contributed by atoms with van der Waals surface area (Å²) < 4.78 is 14.8. The lowest BCUT2D eigenvalue weighted by molar-refractivity contribution is 0.627. The van der Waals surface area contributed by atoms with Gasteiger partial charge in [-0.25, -0.2) is 4.39 Å². The van der Waals surface area contributed by atoms with Crippen molar-refractivity contribution in [1.29, 1.82) is 5.26 Å². The van der Waals surface area contributed by atoms with Gasteiger partial charge in [-0.3, -0.25) is 4.68 Å². The third-order valence-corrected chi connectivity index (χ3v) is 2.78. The molecule has 0 amide bonds. The van der Waals surface area contributed by atoms with Crippen LogP contribution < -0.4 is 5.32 Å². The molecule has 0 saturated heterocycles. The number of benzene rings is 1. The fourth-order valence-corrected chi connectivity index (χ4v) is 1.85. The zero-order valence-corrected chi connectivity index (χ0v) is 10.2. The van der Waals surface area contributed by atoms with Crippen molar-refractivity contribution >= 4 is 5.69 Å². The first-order chi connectivity index (χ1) is 8.61. The third kappa shape index (κ3) is 2.33. The van der Waals surface area contributed by atoms with E-state index in [9.17, 15) is 4.39 Å². The largest absolute Gasteiger partial charge is 0.376 e. The molecule has 18 heavy (non-hydrogen) atoms. The van der Waals surface area contributed by atoms with Gasteiger partial charge in [0.2, 0.25) is 0 Å². The molecule has 92 valence electrons. The van der Waals surface area contributed by atoms with E-state index in [0.29, 0.717) is 11.3 Å². The lowest BCUT2D eigenvalue weighted by Crippen LogP contribution is -2.12. The Balaban J connectivity index is 2.25. The van der Waals surface area contributed by atoms with E-state index in [-0.39, 0.29) is 6.04 Å². The van der Waals surface area contributed by atoms with Gasteiger partial charge in [-0.15, -0.1) is 0 Å². The number of nitrogens with one attached hydrogen (secondary N) is 1. The fraction of sp³-hybridized carbons (Fsp3) is 0.231. The second kappa shape index (κ2) is 4.88. The van der Waals surface area contributed by atoms with Gasteiger partial charge in [0, 0.05) is 13.2 Å². The van der Waals surface area contributed by atoms with Gasteiger partial charge >= 0.3 is 0 Å². The van der Waals surface area contributed by atoms with Gasteiger partial charge in [0.25, 0.3) is 0 Å². The quantitative estimate of drug-likeness (QED) is 0.902. The minimum Gasteiger partial charge on any atom is -0.376 e. The van der Waals surface area contributed by atoms with Gasteiger partial charge in [-0.1, -0.05) is 0 Å². The summed E-state index contributed by atoms with van der Waals surface area (Å²) >= 11 is 0. The molecule has 1 heterocycles. The van der Waals surface area contributed by atoms with E-state index in [2.05, 4.69) is 10.4 Å². The van der Waals surface area contributed by atoms with Crippen molar-refractivity contribution in [2.75, 3.05) is 5.32 Å². The molecular formula is C13H13FN4. The predicted octanol–water partition coefficient (Wildman–Crippen LogP) is 2.60. The highest BCUT2D eigenvalue weighted by molar-refractivity contribution is 5.58. The van der Waals surface area contributed by atoms with Crippen LogP contribution in [0.1, 0.15) is 24.2 Å². The monoisotopic (exact) mass is 244 g/mol. The van der Waals surface area contributed by atoms with Crippen LogP contribution in [-0.4, -0.2) is 9.78 Å². The molecule has 0 spiro atoms. The summed E-state index contributed by atoms with van der Waals surface area (Å²) in [7, 11) is 1.85. The molecule has 5 heteroatoms. The summed E-state index contributed by atoms with van der Waals surface area (Å²) in [4.78, 5) is 0. The van der Waals surface area contributed by atoms with Gasteiger partial charge in [-0.2, -0.15) is 10.4 Å². The molecule has 2 aromatic rings. The number of hydrogen-bond donors (Lipinski definition) is 1. The van der Waals surface area contributed by atoms with Crippen molar-refractivity contribution in [3.8, 4) is 6.07 Å². The normalized spacial score (nSPS) is 11.9. The molecule has 0 fully saturated rings. The Bertz CT molecular complexity index is 597. The number of rotatable bonds is 3. The second-order valence-corrected chi connectivity index (χ2v) is 4.05. The van der Waals surface area contributed by atoms with Gasteiger partial charge < -0.3 is 5.32 Å². The number of hydrogen-bond acceptors (Lipinski definition) is 3. The molecule has 0 bridgehead atoms. The molecule has 1 atom stereocenters. The number of aryl methyl sites for hydroxylation is 1. The molecule has 1 unspecified atom stereocenters. The van der Waals surface area contributed by atoms with E-state index >= 15 is 0 Å². The summed E-state index contributed by atoms with van der Waals surface area (Å²) in [6, 6.07) is 7.98. The SMILES string of the molecule is CC(Nc1ccc(F)cc1C#N)c1ccnn1C. The van der Waals surface area contributed by atoms with E-state index in [0.717, 1.165) is 5.69 Å². The molecule has 2 rings (SSSR count). The number of nitrogens with zero attached hydrogens (tertiary/aromatic N) is 3. The van der Waals surface area contributed by atoms with Crippen LogP contribution in [0.3, 0.4) is 0 Å². The van der Waals surface area contributed by atoms with E-state index in [1.54, 1.807) is 16.9 Å². The highest BCUT2D eigenvalue weighted by Crippen LogP contribution is 2.22.